The SMILES string of the molecule is N[C@]1(C(=O)O)CC[C@@H](B(O)O)C1. The second-order valence-corrected chi connectivity index (χ2v) is 3.38. The van der Waals surface area contributed by atoms with Gasteiger partial charge in [0.25, 0.3) is 0 Å². The molecule has 1 saturated carbocycles. The number of rotatable bonds is 2. The Morgan fingerprint density at radius 3 is 2.42 bits per heavy atom. The van der Waals surface area contributed by atoms with Gasteiger partial charge >= 0.3 is 13.1 Å². The van der Waals surface area contributed by atoms with Crippen LogP contribution < -0.4 is 5.73 Å². The summed E-state index contributed by atoms with van der Waals surface area (Å²) in [5.41, 5.74) is 4.25. The molecule has 0 aliphatic heterocycles. The summed E-state index contributed by atoms with van der Waals surface area (Å²) in [5, 5.41) is 26.2. The molecule has 0 saturated heterocycles. The van der Waals surface area contributed by atoms with Gasteiger partial charge in [0.2, 0.25) is 0 Å². The van der Waals surface area contributed by atoms with Crippen LogP contribution in [0.4, 0.5) is 0 Å². The Morgan fingerprint density at radius 1 is 1.58 bits per heavy atom. The molecule has 0 aromatic rings. The zero-order valence-electron chi connectivity index (χ0n) is 6.60. The van der Waals surface area contributed by atoms with Gasteiger partial charge in [-0.15, -0.1) is 0 Å². The number of carbonyl (C=O) groups is 1. The van der Waals surface area contributed by atoms with Gasteiger partial charge in [0, 0.05) is 0 Å². The van der Waals surface area contributed by atoms with E-state index in [0.29, 0.717) is 12.8 Å². The van der Waals surface area contributed by atoms with Gasteiger partial charge < -0.3 is 20.9 Å². The molecule has 0 bridgehead atoms. The van der Waals surface area contributed by atoms with Crippen LogP contribution in [0.15, 0.2) is 0 Å². The summed E-state index contributed by atoms with van der Waals surface area (Å²) in [7, 11) is -1.45. The third-order valence-electron chi connectivity index (χ3n) is 2.44. The largest absolute Gasteiger partial charge is 0.480 e. The van der Waals surface area contributed by atoms with Crippen LogP contribution in [0.25, 0.3) is 0 Å². The summed E-state index contributed by atoms with van der Waals surface area (Å²) in [6.45, 7) is 0. The molecule has 68 valence electrons. The minimum Gasteiger partial charge on any atom is -0.480 e. The summed E-state index contributed by atoms with van der Waals surface area (Å²) in [5.74, 6) is -1.46. The first-order valence-corrected chi connectivity index (χ1v) is 3.84. The molecule has 1 rings (SSSR count). The molecule has 1 aliphatic carbocycles. The summed E-state index contributed by atoms with van der Waals surface area (Å²) in [6.07, 6.45) is 0.908. The Labute approximate surface area is 70.3 Å². The van der Waals surface area contributed by atoms with Crippen LogP contribution >= 0.6 is 0 Å². The molecule has 0 heterocycles. The normalized spacial score (nSPS) is 35.1. The van der Waals surface area contributed by atoms with Crippen LogP contribution in [0.1, 0.15) is 19.3 Å². The van der Waals surface area contributed by atoms with E-state index < -0.39 is 24.4 Å². The van der Waals surface area contributed by atoms with Gasteiger partial charge in [-0.05, 0) is 25.1 Å². The van der Waals surface area contributed by atoms with Crippen molar-refractivity contribution in [3.05, 3.63) is 0 Å². The molecule has 5 nitrogen and oxygen atoms in total. The van der Waals surface area contributed by atoms with Crippen molar-refractivity contribution in [2.75, 3.05) is 0 Å². The van der Waals surface area contributed by atoms with E-state index in [4.69, 9.17) is 20.9 Å². The van der Waals surface area contributed by atoms with E-state index in [9.17, 15) is 4.79 Å². The van der Waals surface area contributed by atoms with Gasteiger partial charge in [-0.3, -0.25) is 4.79 Å². The van der Waals surface area contributed by atoms with Crippen molar-refractivity contribution >= 4 is 13.1 Å². The molecule has 0 unspecified atom stereocenters. The van der Waals surface area contributed by atoms with Crippen LogP contribution in [-0.2, 0) is 4.79 Å². The van der Waals surface area contributed by atoms with Crippen LogP contribution in [0.2, 0.25) is 5.82 Å². The zero-order valence-corrected chi connectivity index (χ0v) is 6.60. The van der Waals surface area contributed by atoms with Crippen molar-refractivity contribution in [3.63, 3.8) is 0 Å². The summed E-state index contributed by atoms with van der Waals surface area (Å²) in [6, 6.07) is 0. The molecule has 12 heavy (non-hydrogen) atoms. The van der Waals surface area contributed by atoms with Gasteiger partial charge in [0.15, 0.2) is 0 Å². The number of nitrogens with two attached hydrogens (primary N) is 1. The monoisotopic (exact) mass is 173 g/mol. The molecule has 0 radical (unpaired) electrons. The third kappa shape index (κ3) is 1.60. The fourth-order valence-corrected chi connectivity index (χ4v) is 1.56. The van der Waals surface area contributed by atoms with Gasteiger partial charge in [-0.25, -0.2) is 0 Å². The molecule has 5 N–H and O–H groups in total. The van der Waals surface area contributed by atoms with Crippen LogP contribution in [-0.4, -0.2) is 33.8 Å². The molecule has 1 fully saturated rings. The summed E-state index contributed by atoms with van der Waals surface area (Å²) < 4.78 is 0. The maximum atomic E-state index is 10.6. The average molecular weight is 173 g/mol. The molecule has 6 heteroatoms. The highest BCUT2D eigenvalue weighted by atomic mass is 16.4. The maximum Gasteiger partial charge on any atom is 0.454 e. The van der Waals surface area contributed by atoms with Crippen molar-refractivity contribution in [3.8, 4) is 0 Å². The van der Waals surface area contributed by atoms with Crippen LogP contribution in [0.5, 0.6) is 0 Å². The lowest BCUT2D eigenvalue weighted by Gasteiger charge is -2.17. The maximum absolute atomic E-state index is 10.6. The molecular formula is C6H12BNO4. The first-order valence-electron chi connectivity index (χ1n) is 3.84. The summed E-state index contributed by atoms with van der Waals surface area (Å²) >= 11 is 0. The minimum atomic E-state index is -1.45. The molecule has 0 aromatic carbocycles. The Kier molecular flexibility index (Phi) is 2.41. The number of hydrogen-bond donors (Lipinski definition) is 4. The van der Waals surface area contributed by atoms with E-state index in [1.807, 2.05) is 0 Å². The van der Waals surface area contributed by atoms with Gasteiger partial charge in [0.05, 0.1) is 0 Å². The highest BCUT2D eigenvalue weighted by molar-refractivity contribution is 6.43. The second kappa shape index (κ2) is 3.04. The number of hydrogen-bond acceptors (Lipinski definition) is 4. The Balaban J connectivity index is 2.61. The van der Waals surface area contributed by atoms with Gasteiger partial charge in [-0.1, -0.05) is 0 Å². The highest BCUT2D eigenvalue weighted by Crippen LogP contribution is 2.37. The van der Waals surface area contributed by atoms with E-state index in [1.165, 1.54) is 0 Å². The van der Waals surface area contributed by atoms with Crippen molar-refractivity contribution < 1.29 is 19.9 Å². The fraction of sp³-hybridized carbons (Fsp3) is 0.833. The van der Waals surface area contributed by atoms with Crippen LogP contribution in [0, 0.1) is 0 Å². The fourth-order valence-electron chi connectivity index (χ4n) is 1.56. The highest BCUT2D eigenvalue weighted by Gasteiger charge is 2.45. The average Bonchev–Trinajstić information content (AvgIpc) is 2.33. The Morgan fingerprint density at radius 2 is 2.17 bits per heavy atom. The standard InChI is InChI=1S/C6H12BNO4/c8-6(5(9)10)2-1-4(3-6)7(11)12/h4,11-12H,1-3,8H2,(H,9,10)/t4-,6-/m1/s1. The van der Waals surface area contributed by atoms with Gasteiger partial charge in [0.1, 0.15) is 5.54 Å². The van der Waals surface area contributed by atoms with E-state index in [-0.39, 0.29) is 6.42 Å². The third-order valence-corrected chi connectivity index (χ3v) is 2.44. The summed E-state index contributed by atoms with van der Waals surface area (Å²) in [4.78, 5) is 10.6. The zero-order chi connectivity index (χ0) is 9.35. The van der Waals surface area contributed by atoms with Crippen LogP contribution in [0.3, 0.4) is 0 Å². The van der Waals surface area contributed by atoms with Crippen molar-refractivity contribution in [1.29, 1.82) is 0 Å². The van der Waals surface area contributed by atoms with E-state index in [1.54, 1.807) is 0 Å². The Hall–Kier alpha value is -0.585. The quantitative estimate of drug-likeness (QED) is 0.392. The number of carboxylic acid groups (broad SMARTS) is 1. The topological polar surface area (TPSA) is 104 Å². The van der Waals surface area contributed by atoms with Crippen molar-refractivity contribution in [2.45, 2.75) is 30.6 Å². The lowest BCUT2D eigenvalue weighted by Crippen LogP contribution is -2.45. The molecule has 0 aromatic heterocycles. The lowest BCUT2D eigenvalue weighted by molar-refractivity contribution is -0.143. The van der Waals surface area contributed by atoms with Crippen molar-refractivity contribution in [1.82, 2.24) is 0 Å². The lowest BCUT2D eigenvalue weighted by atomic mass is 9.71. The molecule has 0 spiro atoms. The number of carboxylic acids is 1. The molecule has 2 atom stereocenters. The Bertz CT molecular complexity index is 198. The smallest absolute Gasteiger partial charge is 0.454 e. The van der Waals surface area contributed by atoms with E-state index >= 15 is 0 Å². The second-order valence-electron chi connectivity index (χ2n) is 3.38. The molecule has 0 amide bonds. The minimum absolute atomic E-state index is 0.139. The predicted octanol–water partition coefficient (Wildman–Crippen LogP) is -1.20. The first kappa shape index (κ1) is 9.50. The number of aliphatic carboxylic acids is 1. The van der Waals surface area contributed by atoms with E-state index in [0.717, 1.165) is 0 Å². The predicted molar refractivity (Wildman–Crippen MR) is 42.3 cm³/mol. The molecule has 1 aliphatic rings. The van der Waals surface area contributed by atoms with E-state index in [2.05, 4.69) is 0 Å². The first-order chi connectivity index (χ1) is 5.46. The molecular weight excluding hydrogens is 161 g/mol. The van der Waals surface area contributed by atoms with Gasteiger partial charge in [-0.2, -0.15) is 0 Å². The van der Waals surface area contributed by atoms with Crippen molar-refractivity contribution in [2.24, 2.45) is 5.73 Å².